The molecule has 2 N–H and O–H groups in total. The summed E-state index contributed by atoms with van der Waals surface area (Å²) in [4.78, 5) is 1.60. The first-order chi connectivity index (χ1) is 8.28. The summed E-state index contributed by atoms with van der Waals surface area (Å²) in [5.74, 6) is 0. The average Bonchev–Trinajstić information content (AvgIpc) is 2.25. The quantitative estimate of drug-likeness (QED) is 0.882. The highest BCUT2D eigenvalue weighted by molar-refractivity contribution is 5.46. The second kappa shape index (κ2) is 6.09. The minimum absolute atomic E-state index is 0.0316. The number of anilines is 1. The van der Waals surface area contributed by atoms with Gasteiger partial charge in [-0.15, -0.1) is 0 Å². The van der Waals surface area contributed by atoms with Gasteiger partial charge in [-0.05, 0) is 31.0 Å². The smallest absolute Gasteiger partial charge is 0.374 e. The van der Waals surface area contributed by atoms with Crippen LogP contribution in [0.5, 0.6) is 0 Å². The zero-order valence-electron chi connectivity index (χ0n) is 10.7. The van der Waals surface area contributed by atoms with Crippen molar-refractivity contribution in [2.75, 3.05) is 18.5 Å². The highest BCUT2D eigenvalue weighted by Gasteiger charge is 2.27. The third-order valence-electron chi connectivity index (χ3n) is 2.67. The van der Waals surface area contributed by atoms with E-state index in [-0.39, 0.29) is 12.6 Å². The number of rotatable bonds is 5. The molecule has 102 valence electrons. The fourth-order valence-electron chi connectivity index (χ4n) is 1.68. The van der Waals surface area contributed by atoms with Gasteiger partial charge in [-0.25, -0.2) is 0 Å². The molecule has 0 spiro atoms. The molecule has 0 aromatic heterocycles. The molecule has 0 fully saturated rings. The molecule has 2 nitrogen and oxygen atoms in total. The highest BCUT2D eigenvalue weighted by Crippen LogP contribution is 2.22. The monoisotopic (exact) mass is 260 g/mol. The molecule has 0 heterocycles. The molecule has 0 radical (unpaired) electrons. The Labute approximate surface area is 106 Å². The molecule has 18 heavy (non-hydrogen) atoms. The van der Waals surface area contributed by atoms with Crippen molar-refractivity contribution in [3.63, 3.8) is 0 Å². The van der Waals surface area contributed by atoms with Crippen molar-refractivity contribution in [1.82, 2.24) is 0 Å². The number of alkyl halides is 3. The molecule has 1 aromatic carbocycles. The van der Waals surface area contributed by atoms with E-state index in [4.69, 9.17) is 5.73 Å². The van der Waals surface area contributed by atoms with E-state index in [9.17, 15) is 13.2 Å². The molecule has 0 aliphatic rings. The van der Waals surface area contributed by atoms with Gasteiger partial charge < -0.3 is 10.6 Å². The second-order valence-electron chi connectivity index (χ2n) is 4.63. The van der Waals surface area contributed by atoms with Crippen LogP contribution in [-0.4, -0.2) is 25.8 Å². The molecule has 1 unspecified atom stereocenters. The molecule has 5 heteroatoms. The van der Waals surface area contributed by atoms with Crippen molar-refractivity contribution in [3.8, 4) is 0 Å². The van der Waals surface area contributed by atoms with Gasteiger partial charge in [-0.1, -0.05) is 12.1 Å². The van der Waals surface area contributed by atoms with E-state index in [0.29, 0.717) is 0 Å². The molecule has 0 saturated heterocycles. The Morgan fingerprint density at radius 1 is 1.22 bits per heavy atom. The maximum absolute atomic E-state index is 12.1. The summed E-state index contributed by atoms with van der Waals surface area (Å²) in [5, 5.41) is 0. The third-order valence-corrected chi connectivity index (χ3v) is 2.67. The maximum atomic E-state index is 12.1. The fraction of sp³-hybridized carbons (Fsp3) is 0.538. The maximum Gasteiger partial charge on any atom is 0.390 e. The molecular formula is C13H19F3N2. The zero-order chi connectivity index (χ0) is 13.8. The van der Waals surface area contributed by atoms with Gasteiger partial charge in [0.05, 0.1) is 6.42 Å². The van der Waals surface area contributed by atoms with E-state index in [1.165, 1.54) is 0 Å². The third kappa shape index (κ3) is 5.40. The molecule has 1 atom stereocenters. The highest BCUT2D eigenvalue weighted by atomic mass is 19.4. The van der Waals surface area contributed by atoms with Crippen LogP contribution in [0.25, 0.3) is 0 Å². The van der Waals surface area contributed by atoms with Crippen molar-refractivity contribution in [3.05, 3.63) is 29.8 Å². The van der Waals surface area contributed by atoms with E-state index >= 15 is 0 Å². The fourth-order valence-corrected chi connectivity index (χ4v) is 1.68. The van der Waals surface area contributed by atoms with Crippen LogP contribution in [0.1, 0.15) is 18.9 Å². The first-order valence-electron chi connectivity index (χ1n) is 5.90. The van der Waals surface area contributed by atoms with E-state index in [1.807, 2.05) is 31.2 Å². The Morgan fingerprint density at radius 3 is 2.22 bits per heavy atom. The SMILES string of the molecule is CC(N)Cc1ccc(N(C)CCC(F)(F)F)cc1. The number of halogens is 3. The summed E-state index contributed by atoms with van der Waals surface area (Å²) in [6, 6.07) is 7.55. The molecule has 0 saturated carbocycles. The van der Waals surface area contributed by atoms with Gasteiger partial charge >= 0.3 is 6.18 Å². The van der Waals surface area contributed by atoms with Gasteiger partial charge in [0.15, 0.2) is 0 Å². The summed E-state index contributed by atoms with van der Waals surface area (Å²) in [6.45, 7) is 1.89. The van der Waals surface area contributed by atoms with Crippen LogP contribution in [-0.2, 0) is 6.42 Å². The molecular weight excluding hydrogens is 241 g/mol. The Bertz CT molecular complexity index is 357. The zero-order valence-corrected chi connectivity index (χ0v) is 10.7. The first-order valence-corrected chi connectivity index (χ1v) is 5.90. The summed E-state index contributed by atoms with van der Waals surface area (Å²) in [7, 11) is 1.66. The average molecular weight is 260 g/mol. The Morgan fingerprint density at radius 2 is 1.78 bits per heavy atom. The lowest BCUT2D eigenvalue weighted by Gasteiger charge is -2.20. The largest absolute Gasteiger partial charge is 0.390 e. The van der Waals surface area contributed by atoms with Crippen molar-refractivity contribution in [2.45, 2.75) is 32.0 Å². The lowest BCUT2D eigenvalue weighted by molar-refractivity contribution is -0.132. The van der Waals surface area contributed by atoms with E-state index in [0.717, 1.165) is 17.7 Å². The molecule has 0 bridgehead atoms. The molecule has 1 rings (SSSR count). The number of hydrogen-bond donors (Lipinski definition) is 1. The van der Waals surface area contributed by atoms with Gasteiger partial charge in [0.2, 0.25) is 0 Å². The van der Waals surface area contributed by atoms with Gasteiger partial charge in [-0.2, -0.15) is 13.2 Å². The van der Waals surface area contributed by atoms with Gasteiger partial charge in [-0.3, -0.25) is 0 Å². The second-order valence-corrected chi connectivity index (χ2v) is 4.63. The van der Waals surface area contributed by atoms with Gasteiger partial charge in [0.1, 0.15) is 0 Å². The molecule has 1 aromatic rings. The Kier molecular flexibility index (Phi) is 5.02. The van der Waals surface area contributed by atoms with Crippen molar-refractivity contribution >= 4 is 5.69 Å². The summed E-state index contributed by atoms with van der Waals surface area (Å²) >= 11 is 0. The lowest BCUT2D eigenvalue weighted by atomic mass is 10.1. The van der Waals surface area contributed by atoms with Crippen LogP contribution in [0.15, 0.2) is 24.3 Å². The predicted octanol–water partition coefficient (Wildman–Crippen LogP) is 2.96. The predicted molar refractivity (Wildman–Crippen MR) is 67.7 cm³/mol. The Balaban J connectivity index is 2.56. The molecule has 0 amide bonds. The van der Waals surface area contributed by atoms with Crippen LogP contribution >= 0.6 is 0 Å². The summed E-state index contributed by atoms with van der Waals surface area (Å²) < 4.78 is 36.3. The van der Waals surface area contributed by atoms with Crippen LogP contribution in [0.3, 0.4) is 0 Å². The summed E-state index contributed by atoms with van der Waals surface area (Å²) in [5.41, 5.74) is 7.56. The topological polar surface area (TPSA) is 29.3 Å². The number of nitrogens with two attached hydrogens (primary N) is 1. The minimum atomic E-state index is -4.11. The van der Waals surface area contributed by atoms with E-state index in [1.54, 1.807) is 11.9 Å². The van der Waals surface area contributed by atoms with Crippen LogP contribution in [0.2, 0.25) is 0 Å². The van der Waals surface area contributed by atoms with Crippen molar-refractivity contribution in [1.29, 1.82) is 0 Å². The van der Waals surface area contributed by atoms with Crippen LogP contribution < -0.4 is 10.6 Å². The van der Waals surface area contributed by atoms with Gasteiger partial charge in [0, 0.05) is 25.3 Å². The molecule has 0 aliphatic carbocycles. The van der Waals surface area contributed by atoms with Crippen molar-refractivity contribution in [2.24, 2.45) is 5.73 Å². The minimum Gasteiger partial charge on any atom is -0.374 e. The number of nitrogens with zero attached hydrogens (tertiary/aromatic N) is 1. The van der Waals surface area contributed by atoms with Gasteiger partial charge in [0.25, 0.3) is 0 Å². The number of benzene rings is 1. The first kappa shape index (κ1) is 14.8. The normalized spacial score (nSPS) is 13.4. The summed E-state index contributed by atoms with van der Waals surface area (Å²) in [6.07, 6.45) is -4.14. The van der Waals surface area contributed by atoms with Crippen molar-refractivity contribution < 1.29 is 13.2 Å². The Hall–Kier alpha value is -1.23. The van der Waals surface area contributed by atoms with Crippen LogP contribution in [0.4, 0.5) is 18.9 Å². The van der Waals surface area contributed by atoms with E-state index in [2.05, 4.69) is 0 Å². The van der Waals surface area contributed by atoms with E-state index < -0.39 is 12.6 Å². The standard InChI is InChI=1S/C13H19F3N2/c1-10(17)9-11-3-5-12(6-4-11)18(2)8-7-13(14,15)16/h3-6,10H,7-9,17H2,1-2H3. The lowest BCUT2D eigenvalue weighted by Crippen LogP contribution is -2.24. The number of hydrogen-bond acceptors (Lipinski definition) is 2. The van der Waals surface area contributed by atoms with Crippen LogP contribution in [0, 0.1) is 0 Å². The molecule has 0 aliphatic heterocycles.